The zero-order chi connectivity index (χ0) is 22.5. The van der Waals surface area contributed by atoms with Gasteiger partial charge in [0.2, 0.25) is 0 Å². The Hall–Kier alpha value is -4.35. The molecule has 4 rings (SSSR count). The minimum Gasteiger partial charge on any atom is -0.381 e. The molecule has 0 saturated carbocycles. The van der Waals surface area contributed by atoms with E-state index < -0.39 is 0 Å². The van der Waals surface area contributed by atoms with E-state index in [9.17, 15) is 4.79 Å². The number of hydrogen-bond donors (Lipinski definition) is 1. The highest BCUT2D eigenvalue weighted by molar-refractivity contribution is 6.01. The van der Waals surface area contributed by atoms with Crippen LogP contribution in [0.2, 0.25) is 0 Å². The van der Waals surface area contributed by atoms with Gasteiger partial charge in [0.25, 0.3) is 5.91 Å². The molecular formula is C24H20N6O2. The van der Waals surface area contributed by atoms with Gasteiger partial charge in [0.1, 0.15) is 17.4 Å². The summed E-state index contributed by atoms with van der Waals surface area (Å²) in [6, 6.07) is 9.58. The molecule has 1 N–H and O–H groups in total. The van der Waals surface area contributed by atoms with Crippen molar-refractivity contribution in [3.8, 4) is 28.3 Å². The molecule has 4 aromatic rings. The summed E-state index contributed by atoms with van der Waals surface area (Å²) in [7, 11) is 3.27. The fourth-order valence-corrected chi connectivity index (χ4v) is 3.31. The first-order valence-corrected chi connectivity index (χ1v) is 9.83. The molecule has 0 radical (unpaired) electrons. The number of amides is 1. The van der Waals surface area contributed by atoms with Gasteiger partial charge in [-0.15, -0.1) is 0 Å². The van der Waals surface area contributed by atoms with E-state index in [1.807, 2.05) is 24.4 Å². The smallest absolute Gasteiger partial charge is 0.250 e. The highest BCUT2D eigenvalue weighted by Gasteiger charge is 2.13. The van der Waals surface area contributed by atoms with Crippen LogP contribution in [0.3, 0.4) is 0 Å². The molecule has 0 aliphatic heterocycles. The lowest BCUT2D eigenvalue weighted by molar-refractivity contribution is -0.113. The average Bonchev–Trinajstić information content (AvgIpc) is 3.27. The molecule has 8 nitrogen and oxygen atoms in total. The number of H-pyrrole nitrogens is 1. The van der Waals surface area contributed by atoms with Crippen LogP contribution in [0.4, 0.5) is 5.69 Å². The molecule has 0 bridgehead atoms. The Morgan fingerprint density at radius 1 is 1.19 bits per heavy atom. The summed E-state index contributed by atoms with van der Waals surface area (Å²) in [6.45, 7) is 0.371. The Morgan fingerprint density at radius 2 is 2.03 bits per heavy atom. The van der Waals surface area contributed by atoms with Gasteiger partial charge < -0.3 is 14.6 Å². The van der Waals surface area contributed by atoms with Gasteiger partial charge in [-0.25, -0.2) is 9.97 Å². The van der Waals surface area contributed by atoms with Crippen LogP contribution in [0.1, 0.15) is 5.69 Å². The third kappa shape index (κ3) is 4.24. The van der Waals surface area contributed by atoms with E-state index in [0.29, 0.717) is 18.0 Å². The number of anilines is 1. The number of nitrogens with zero attached hydrogens (tertiary/aromatic N) is 5. The van der Waals surface area contributed by atoms with Gasteiger partial charge in [-0.2, -0.15) is 5.26 Å². The first-order valence-electron chi connectivity index (χ1n) is 9.83. The Balaban J connectivity index is 1.69. The molecular weight excluding hydrogens is 404 g/mol. The number of rotatable bonds is 6. The number of likely N-dealkylation sites (N-methyl/N-ethyl adjacent to an activating group) is 1. The molecule has 8 heteroatoms. The van der Waals surface area contributed by atoms with Crippen molar-refractivity contribution >= 4 is 22.6 Å². The molecule has 4 heterocycles. The monoisotopic (exact) mass is 424 g/mol. The van der Waals surface area contributed by atoms with Crippen LogP contribution in [0, 0.1) is 11.3 Å². The molecule has 158 valence electrons. The number of aromatic nitrogens is 4. The van der Waals surface area contributed by atoms with E-state index in [1.54, 1.807) is 51.1 Å². The van der Waals surface area contributed by atoms with Crippen molar-refractivity contribution in [1.29, 1.82) is 5.26 Å². The minimum atomic E-state index is -0.173. The fraction of sp³-hybridized carbons (Fsp3) is 0.125. The molecule has 0 fully saturated rings. The maximum absolute atomic E-state index is 12.4. The van der Waals surface area contributed by atoms with Crippen molar-refractivity contribution in [3.05, 3.63) is 73.1 Å². The van der Waals surface area contributed by atoms with E-state index in [4.69, 9.17) is 10.00 Å². The standard InChI is InChI=1S/C24H20N6O2/c1-30(23(31)4-3-7-32-2)20-9-17(12-26-14-20)18-10-21-22(15-29-24(21)28-13-18)16-5-6-27-19(8-16)11-25/h3-6,8-10,12-15H,7H2,1-2H3,(H,28,29)/b4-3+. The van der Waals surface area contributed by atoms with Crippen LogP contribution in [0.5, 0.6) is 0 Å². The number of nitriles is 1. The summed E-state index contributed by atoms with van der Waals surface area (Å²) < 4.78 is 4.94. The Kier molecular flexibility index (Phi) is 6.01. The maximum atomic E-state index is 12.4. The summed E-state index contributed by atoms with van der Waals surface area (Å²) in [5.74, 6) is -0.173. The third-order valence-electron chi connectivity index (χ3n) is 5.01. The van der Waals surface area contributed by atoms with Crippen molar-refractivity contribution in [2.24, 2.45) is 0 Å². The Morgan fingerprint density at radius 3 is 2.84 bits per heavy atom. The quantitative estimate of drug-likeness (QED) is 0.473. The summed E-state index contributed by atoms with van der Waals surface area (Å²) in [5.41, 5.74) is 5.24. The van der Waals surface area contributed by atoms with E-state index in [1.165, 1.54) is 11.0 Å². The topological polar surface area (TPSA) is 108 Å². The second kappa shape index (κ2) is 9.20. The molecule has 0 saturated heterocycles. The van der Waals surface area contributed by atoms with Crippen LogP contribution in [-0.2, 0) is 9.53 Å². The van der Waals surface area contributed by atoms with Crippen molar-refractivity contribution in [1.82, 2.24) is 19.9 Å². The summed E-state index contributed by atoms with van der Waals surface area (Å²) in [6.07, 6.45) is 11.8. The highest BCUT2D eigenvalue weighted by Crippen LogP contribution is 2.31. The van der Waals surface area contributed by atoms with Gasteiger partial charge in [-0.05, 0) is 29.8 Å². The van der Waals surface area contributed by atoms with Gasteiger partial charge in [0.05, 0.1) is 18.5 Å². The third-order valence-corrected chi connectivity index (χ3v) is 5.01. The van der Waals surface area contributed by atoms with Crippen molar-refractivity contribution in [2.75, 3.05) is 25.7 Å². The predicted octanol–water partition coefficient (Wildman–Crippen LogP) is 3.72. The maximum Gasteiger partial charge on any atom is 0.250 e. The number of pyridine rings is 3. The summed E-state index contributed by atoms with van der Waals surface area (Å²) in [5, 5.41) is 10.1. The van der Waals surface area contributed by atoms with Crippen molar-refractivity contribution < 1.29 is 9.53 Å². The summed E-state index contributed by atoms with van der Waals surface area (Å²) >= 11 is 0. The van der Waals surface area contributed by atoms with Crippen LogP contribution in [0.15, 0.2) is 67.4 Å². The van der Waals surface area contributed by atoms with Crippen molar-refractivity contribution in [2.45, 2.75) is 0 Å². The Labute approximate surface area is 184 Å². The molecule has 4 aromatic heterocycles. The predicted molar refractivity (Wildman–Crippen MR) is 122 cm³/mol. The SMILES string of the molecule is COC/C=C/C(=O)N(C)c1cncc(-c2cnc3[nH]cc(-c4ccnc(C#N)c4)c3c2)c1. The molecule has 0 spiro atoms. The van der Waals surface area contributed by atoms with Crippen LogP contribution in [0.25, 0.3) is 33.3 Å². The number of hydrogen-bond acceptors (Lipinski definition) is 6. The second-order valence-corrected chi connectivity index (χ2v) is 7.05. The normalized spacial score (nSPS) is 11.0. The molecule has 0 aliphatic carbocycles. The van der Waals surface area contributed by atoms with Gasteiger partial charge >= 0.3 is 0 Å². The van der Waals surface area contributed by atoms with Crippen LogP contribution in [-0.4, -0.2) is 46.6 Å². The lowest BCUT2D eigenvalue weighted by Crippen LogP contribution is -2.24. The number of ether oxygens (including phenoxy) is 1. The van der Waals surface area contributed by atoms with E-state index in [-0.39, 0.29) is 5.91 Å². The van der Waals surface area contributed by atoms with Gasteiger partial charge in [-0.1, -0.05) is 6.08 Å². The lowest BCUT2D eigenvalue weighted by atomic mass is 10.0. The largest absolute Gasteiger partial charge is 0.381 e. The zero-order valence-electron chi connectivity index (χ0n) is 17.6. The van der Waals surface area contributed by atoms with E-state index in [0.717, 1.165) is 33.3 Å². The summed E-state index contributed by atoms with van der Waals surface area (Å²) in [4.78, 5) is 30.0. The van der Waals surface area contributed by atoms with Crippen LogP contribution >= 0.6 is 0 Å². The van der Waals surface area contributed by atoms with Gasteiger partial charge in [0, 0.05) is 67.1 Å². The number of methoxy groups -OCH3 is 1. The molecule has 0 aromatic carbocycles. The fourth-order valence-electron chi connectivity index (χ4n) is 3.31. The number of fused-ring (bicyclic) bond motifs is 1. The lowest BCUT2D eigenvalue weighted by Gasteiger charge is -2.16. The molecule has 0 aliphatic rings. The second-order valence-electron chi connectivity index (χ2n) is 7.05. The first-order chi connectivity index (χ1) is 15.6. The van der Waals surface area contributed by atoms with E-state index in [2.05, 4.69) is 26.0 Å². The molecule has 0 unspecified atom stereocenters. The number of nitrogens with one attached hydrogen (secondary N) is 1. The Bertz CT molecular complexity index is 1350. The van der Waals surface area contributed by atoms with Crippen molar-refractivity contribution in [3.63, 3.8) is 0 Å². The van der Waals surface area contributed by atoms with E-state index >= 15 is 0 Å². The first kappa shape index (κ1) is 20.9. The van der Waals surface area contributed by atoms with Gasteiger partial charge in [0.15, 0.2) is 0 Å². The molecule has 1 amide bonds. The zero-order valence-corrected chi connectivity index (χ0v) is 17.6. The number of carbonyl (C=O) groups excluding carboxylic acids is 1. The molecule has 32 heavy (non-hydrogen) atoms. The molecule has 0 atom stereocenters. The highest BCUT2D eigenvalue weighted by atomic mass is 16.5. The average molecular weight is 424 g/mol. The number of aromatic amines is 1. The van der Waals surface area contributed by atoms with Crippen LogP contribution < -0.4 is 4.90 Å². The number of carbonyl (C=O) groups is 1. The van der Waals surface area contributed by atoms with Gasteiger partial charge in [-0.3, -0.25) is 9.78 Å². The minimum absolute atomic E-state index is 0.173.